The van der Waals surface area contributed by atoms with Gasteiger partial charge in [0.25, 0.3) is 5.56 Å². The normalized spacial score (nSPS) is 25.6. The van der Waals surface area contributed by atoms with Gasteiger partial charge in [0.2, 0.25) is 0 Å². The van der Waals surface area contributed by atoms with Crippen LogP contribution in [-0.2, 0) is 36.3 Å². The van der Waals surface area contributed by atoms with Gasteiger partial charge in [0.05, 0.1) is 16.3 Å². The fourth-order valence-corrected chi connectivity index (χ4v) is 7.59. The number of hydrogen-bond acceptors (Lipinski definition) is 12. The molecule has 1 fully saturated rings. The molecule has 196 valence electrons. The summed E-state index contributed by atoms with van der Waals surface area (Å²) in [6.45, 7) is 0.972. The Bertz CT molecular complexity index is 1130. The van der Waals surface area contributed by atoms with Gasteiger partial charge >= 0.3 is 29.2 Å². The van der Waals surface area contributed by atoms with Gasteiger partial charge in [-0.2, -0.15) is 8.62 Å². The van der Waals surface area contributed by atoms with E-state index >= 15 is 0 Å². The summed E-state index contributed by atoms with van der Waals surface area (Å²) >= 11 is 1.72. The van der Waals surface area contributed by atoms with Crippen molar-refractivity contribution in [2.45, 2.75) is 37.2 Å². The number of rotatable bonds is 12. The van der Waals surface area contributed by atoms with Crippen molar-refractivity contribution >= 4 is 67.6 Å². The van der Waals surface area contributed by atoms with E-state index in [2.05, 4.69) is 18.1 Å². The Morgan fingerprint density at radius 2 is 1.88 bits per heavy atom. The van der Waals surface area contributed by atoms with Crippen LogP contribution in [0.25, 0.3) is 0 Å². The second-order valence-electron chi connectivity index (χ2n) is 6.40. The van der Waals surface area contributed by atoms with E-state index in [1.165, 1.54) is 27.8 Å². The summed E-state index contributed by atoms with van der Waals surface area (Å²) in [6, 6.07) is 0. The number of nitrogens with one attached hydrogen (secondary N) is 1. The Labute approximate surface area is 213 Å². The van der Waals surface area contributed by atoms with E-state index in [0.29, 0.717) is 0 Å². The van der Waals surface area contributed by atoms with E-state index in [9.17, 15) is 33.1 Å². The maximum atomic E-state index is 12.2. The van der Waals surface area contributed by atoms with Crippen LogP contribution < -0.4 is 11.2 Å². The lowest BCUT2D eigenvalue weighted by molar-refractivity contribution is -0.0634. The zero-order valence-corrected chi connectivity index (χ0v) is 23.6. The number of halogens is 1. The van der Waals surface area contributed by atoms with Crippen molar-refractivity contribution in [2.75, 3.05) is 12.9 Å². The van der Waals surface area contributed by atoms with Crippen molar-refractivity contribution in [1.29, 1.82) is 0 Å². The van der Waals surface area contributed by atoms with Crippen LogP contribution >= 0.6 is 67.6 Å². The molecule has 1 aromatic rings. The first-order chi connectivity index (χ1) is 15.5. The first kappa shape index (κ1) is 30.7. The van der Waals surface area contributed by atoms with Crippen molar-refractivity contribution < 1.29 is 55.9 Å². The Hall–Kier alpha value is 0.440. The summed E-state index contributed by atoms with van der Waals surface area (Å²) in [4.78, 5) is 62.1. The van der Waals surface area contributed by atoms with Gasteiger partial charge in [0.15, 0.2) is 0 Å². The predicted octanol–water partition coefficient (Wildman–Crippen LogP) is 1.51. The number of H-pyrrole nitrogens is 1. The SMILES string of the molecule is CSSC(C)OC1CC(n2cc(I)c(=O)[nH]c2=O)OC1COP(=O)(O)OP(=O)(O)OP(=O)(O)O. The molecule has 0 aliphatic carbocycles. The minimum absolute atomic E-state index is 0.0612. The van der Waals surface area contributed by atoms with Crippen LogP contribution in [0.2, 0.25) is 0 Å². The highest BCUT2D eigenvalue weighted by atomic mass is 127. The van der Waals surface area contributed by atoms with Crippen LogP contribution in [0, 0.1) is 3.57 Å². The molecule has 1 saturated heterocycles. The topological polar surface area (TPSA) is 233 Å². The molecule has 1 aliphatic rings. The quantitative estimate of drug-likeness (QED) is 0.0900. The van der Waals surface area contributed by atoms with Gasteiger partial charge in [0, 0.05) is 12.6 Å². The van der Waals surface area contributed by atoms with Crippen molar-refractivity contribution in [3.63, 3.8) is 0 Å². The lowest BCUT2D eigenvalue weighted by atomic mass is 10.2. The average molecular weight is 700 g/mol. The maximum Gasteiger partial charge on any atom is 0.490 e. The molecule has 6 unspecified atom stereocenters. The fraction of sp³-hybridized carbons (Fsp3) is 0.667. The van der Waals surface area contributed by atoms with Gasteiger partial charge in [-0.05, 0) is 35.8 Å². The molecule has 1 aliphatic heterocycles. The van der Waals surface area contributed by atoms with Crippen molar-refractivity contribution in [3.05, 3.63) is 30.6 Å². The summed E-state index contributed by atoms with van der Waals surface area (Å²) < 4.78 is 59.1. The molecule has 22 heteroatoms. The van der Waals surface area contributed by atoms with Crippen LogP contribution in [0.1, 0.15) is 19.6 Å². The average Bonchev–Trinajstić information content (AvgIpc) is 3.02. The summed E-state index contributed by atoms with van der Waals surface area (Å²) in [7, 11) is -13.8. The highest BCUT2D eigenvalue weighted by Gasteiger charge is 2.44. The Morgan fingerprint density at radius 1 is 1.24 bits per heavy atom. The standard InChI is InChI=1S/C12H20IN2O14P3S2/c1-6(34-33-2)26-8-3-10(15-4-7(13)11(16)14-12(15)17)27-9(8)5-25-31(21,22)29-32(23,24)28-30(18,19)20/h4,6,8-10H,3,5H2,1-2H3,(H,21,22)(H,23,24)(H,14,16,17)(H2,18,19,20). The van der Waals surface area contributed by atoms with Crippen LogP contribution in [-0.4, -0.2) is 59.6 Å². The Balaban J connectivity index is 2.18. The molecule has 0 aromatic carbocycles. The third-order valence-electron chi connectivity index (χ3n) is 3.83. The van der Waals surface area contributed by atoms with Gasteiger partial charge in [0.1, 0.15) is 17.8 Å². The van der Waals surface area contributed by atoms with E-state index in [-0.39, 0.29) is 15.4 Å². The Kier molecular flexibility index (Phi) is 11.1. The molecule has 0 bridgehead atoms. The third-order valence-corrected chi connectivity index (χ3v) is 10.4. The van der Waals surface area contributed by atoms with E-state index in [1.807, 2.05) is 6.26 Å². The monoisotopic (exact) mass is 700 g/mol. The van der Waals surface area contributed by atoms with Gasteiger partial charge in [-0.15, -0.1) is 0 Å². The number of nitrogens with zero attached hydrogens (tertiary/aromatic N) is 1. The molecule has 2 heterocycles. The van der Waals surface area contributed by atoms with Gasteiger partial charge < -0.3 is 29.0 Å². The smallest absolute Gasteiger partial charge is 0.361 e. The molecule has 0 spiro atoms. The number of hydrogen-bond donors (Lipinski definition) is 5. The molecule has 2 rings (SSSR count). The van der Waals surface area contributed by atoms with Gasteiger partial charge in [-0.3, -0.25) is 18.9 Å². The van der Waals surface area contributed by atoms with Gasteiger partial charge in [-0.1, -0.05) is 21.6 Å². The first-order valence-corrected chi connectivity index (χ1v) is 17.0. The lowest BCUT2D eigenvalue weighted by Gasteiger charge is -2.23. The number of phosphoric acid groups is 3. The second kappa shape index (κ2) is 12.3. The highest BCUT2D eigenvalue weighted by molar-refractivity contribution is 14.1. The first-order valence-electron chi connectivity index (χ1n) is 8.81. The van der Waals surface area contributed by atoms with Crippen molar-refractivity contribution in [1.82, 2.24) is 9.55 Å². The lowest BCUT2D eigenvalue weighted by Crippen LogP contribution is -2.33. The Morgan fingerprint density at radius 3 is 2.47 bits per heavy atom. The highest BCUT2D eigenvalue weighted by Crippen LogP contribution is 2.66. The van der Waals surface area contributed by atoms with E-state index in [0.717, 1.165) is 4.57 Å². The number of ether oxygens (including phenoxy) is 2. The van der Waals surface area contributed by atoms with Crippen LogP contribution in [0.15, 0.2) is 15.8 Å². The summed E-state index contributed by atoms with van der Waals surface area (Å²) in [5, 5.41) is 0. The number of phosphoric ester groups is 1. The predicted molar refractivity (Wildman–Crippen MR) is 128 cm³/mol. The molecular weight excluding hydrogens is 680 g/mol. The van der Waals surface area contributed by atoms with Crippen LogP contribution in [0.4, 0.5) is 0 Å². The number of aromatic nitrogens is 2. The minimum Gasteiger partial charge on any atom is -0.361 e. The summed E-state index contributed by atoms with van der Waals surface area (Å²) in [6.07, 6.45) is 0.260. The maximum absolute atomic E-state index is 12.2. The van der Waals surface area contributed by atoms with Crippen molar-refractivity contribution in [2.24, 2.45) is 0 Å². The van der Waals surface area contributed by atoms with Crippen molar-refractivity contribution in [3.8, 4) is 0 Å². The summed E-state index contributed by atoms with van der Waals surface area (Å²) in [5.41, 5.74) is -1.75. The number of aromatic amines is 1. The van der Waals surface area contributed by atoms with Crippen LogP contribution in [0.5, 0.6) is 0 Å². The zero-order chi connectivity index (χ0) is 25.9. The largest absolute Gasteiger partial charge is 0.490 e. The molecule has 5 N–H and O–H groups in total. The van der Waals surface area contributed by atoms with E-state index in [4.69, 9.17) is 19.3 Å². The zero-order valence-electron chi connectivity index (χ0n) is 17.2. The molecule has 0 saturated carbocycles. The molecule has 0 amide bonds. The molecule has 6 atom stereocenters. The van der Waals surface area contributed by atoms with E-state index < -0.39 is 59.8 Å². The molecule has 0 radical (unpaired) electrons. The molecule has 34 heavy (non-hydrogen) atoms. The fourth-order valence-electron chi connectivity index (χ4n) is 2.71. The molecule has 1 aromatic heterocycles. The summed E-state index contributed by atoms with van der Waals surface area (Å²) in [5.74, 6) is 0. The minimum atomic E-state index is -5.68. The second-order valence-corrected chi connectivity index (χ2v) is 14.7. The third kappa shape index (κ3) is 9.72. The van der Waals surface area contributed by atoms with E-state index in [1.54, 1.807) is 29.5 Å². The molecule has 16 nitrogen and oxygen atoms in total. The van der Waals surface area contributed by atoms with Crippen LogP contribution in [0.3, 0.4) is 0 Å². The van der Waals surface area contributed by atoms with Gasteiger partial charge in [-0.25, -0.2) is 18.5 Å². The molecular formula is C12H20IN2O14P3S2.